The Morgan fingerprint density at radius 1 is 0.895 bits per heavy atom. The second kappa shape index (κ2) is 4.97. The van der Waals surface area contributed by atoms with E-state index in [4.69, 9.17) is 4.52 Å². The number of hydrogen-bond donors (Lipinski definition) is 0. The van der Waals surface area contributed by atoms with E-state index in [2.05, 4.69) is 26.1 Å². The molecule has 94 valence electrons. The van der Waals surface area contributed by atoms with Crippen molar-refractivity contribution < 1.29 is 4.52 Å². The van der Waals surface area contributed by atoms with Gasteiger partial charge in [-0.1, -0.05) is 50.9 Å². The van der Waals surface area contributed by atoms with Gasteiger partial charge in [0, 0.05) is 15.6 Å². The maximum atomic E-state index is 5.30. The smallest absolute Gasteiger partial charge is 0.258 e. The summed E-state index contributed by atoms with van der Waals surface area (Å²) >= 11 is 3.40. The van der Waals surface area contributed by atoms with Crippen LogP contribution >= 0.6 is 15.9 Å². The zero-order valence-electron chi connectivity index (χ0n) is 10.3. The zero-order valence-corrected chi connectivity index (χ0v) is 11.9. The predicted octanol–water partition coefficient (Wildman–Crippen LogP) is 4.47. The van der Waals surface area contributed by atoms with Gasteiger partial charge in [-0.2, -0.15) is 4.98 Å². The fourth-order valence-electron chi connectivity index (χ4n) is 1.75. The quantitative estimate of drug-likeness (QED) is 0.700. The first-order chi connectivity index (χ1) is 9.22. The Hall–Kier alpha value is -1.94. The van der Waals surface area contributed by atoms with Crippen LogP contribution in [0.5, 0.6) is 0 Å². The van der Waals surface area contributed by atoms with Gasteiger partial charge in [0.05, 0.1) is 0 Å². The Labute approximate surface area is 119 Å². The summed E-state index contributed by atoms with van der Waals surface area (Å²) < 4.78 is 6.32. The van der Waals surface area contributed by atoms with Crippen LogP contribution in [0.15, 0.2) is 57.5 Å². The Balaban J connectivity index is 1.95. The molecule has 0 aliphatic carbocycles. The molecule has 0 atom stereocenters. The van der Waals surface area contributed by atoms with Crippen molar-refractivity contribution in [3.05, 3.63) is 58.6 Å². The second-order valence-electron chi connectivity index (χ2n) is 4.30. The van der Waals surface area contributed by atoms with Crippen molar-refractivity contribution >= 4 is 15.9 Å². The predicted molar refractivity (Wildman–Crippen MR) is 77.6 cm³/mol. The molecule has 0 aliphatic heterocycles. The maximum Gasteiger partial charge on any atom is 0.258 e. The summed E-state index contributed by atoms with van der Waals surface area (Å²) in [5, 5.41) is 4.02. The van der Waals surface area contributed by atoms with Crippen LogP contribution in [0.3, 0.4) is 0 Å². The van der Waals surface area contributed by atoms with Crippen LogP contribution in [0.25, 0.3) is 22.8 Å². The molecule has 0 aliphatic rings. The number of hydrogen-bond acceptors (Lipinski definition) is 3. The van der Waals surface area contributed by atoms with Crippen LogP contribution in [-0.4, -0.2) is 10.1 Å². The Kier molecular flexibility index (Phi) is 3.17. The van der Waals surface area contributed by atoms with Gasteiger partial charge in [0.25, 0.3) is 5.89 Å². The average molecular weight is 315 g/mol. The third-order valence-corrected chi connectivity index (χ3v) is 3.36. The lowest BCUT2D eigenvalue weighted by Crippen LogP contribution is -1.81. The summed E-state index contributed by atoms with van der Waals surface area (Å²) in [4.78, 5) is 4.42. The molecule has 0 fully saturated rings. The molecule has 2 aromatic carbocycles. The van der Waals surface area contributed by atoms with Gasteiger partial charge in [0.1, 0.15) is 0 Å². The molecule has 0 unspecified atom stereocenters. The molecule has 3 nitrogen and oxygen atoms in total. The fraction of sp³-hybridized carbons (Fsp3) is 0.0667. The van der Waals surface area contributed by atoms with Gasteiger partial charge in [-0.3, -0.25) is 0 Å². The van der Waals surface area contributed by atoms with Crippen LogP contribution in [0, 0.1) is 6.92 Å². The highest BCUT2D eigenvalue weighted by molar-refractivity contribution is 9.10. The molecule has 0 saturated heterocycles. The lowest BCUT2D eigenvalue weighted by molar-refractivity contribution is 0.432. The third-order valence-electron chi connectivity index (χ3n) is 2.83. The number of aryl methyl sites for hydroxylation is 1. The molecule has 0 amide bonds. The lowest BCUT2D eigenvalue weighted by atomic mass is 10.1. The van der Waals surface area contributed by atoms with E-state index in [1.165, 1.54) is 5.56 Å². The van der Waals surface area contributed by atoms with E-state index in [0.717, 1.165) is 15.6 Å². The van der Waals surface area contributed by atoms with Crippen molar-refractivity contribution in [2.45, 2.75) is 6.92 Å². The summed E-state index contributed by atoms with van der Waals surface area (Å²) in [6, 6.07) is 15.8. The molecule has 0 saturated carbocycles. The van der Waals surface area contributed by atoms with Crippen molar-refractivity contribution in [1.29, 1.82) is 0 Å². The first-order valence-electron chi connectivity index (χ1n) is 5.89. The standard InChI is InChI=1S/C15H11BrN2O/c1-10-2-4-11(5-3-10)14-17-15(19-18-14)12-6-8-13(16)9-7-12/h2-9H,1H3. The number of halogens is 1. The number of aromatic nitrogens is 2. The Bertz CT molecular complexity index is 627. The summed E-state index contributed by atoms with van der Waals surface area (Å²) in [5.74, 6) is 1.14. The van der Waals surface area contributed by atoms with Gasteiger partial charge in [0.15, 0.2) is 0 Å². The van der Waals surface area contributed by atoms with E-state index in [9.17, 15) is 0 Å². The minimum Gasteiger partial charge on any atom is -0.334 e. The topological polar surface area (TPSA) is 38.9 Å². The van der Waals surface area contributed by atoms with Gasteiger partial charge in [-0.25, -0.2) is 0 Å². The lowest BCUT2D eigenvalue weighted by Gasteiger charge is -1.95. The van der Waals surface area contributed by atoms with Crippen molar-refractivity contribution in [1.82, 2.24) is 10.1 Å². The molecule has 3 aromatic rings. The van der Waals surface area contributed by atoms with Gasteiger partial charge < -0.3 is 4.52 Å². The molecule has 19 heavy (non-hydrogen) atoms. The molecule has 4 heteroatoms. The second-order valence-corrected chi connectivity index (χ2v) is 5.21. The average Bonchev–Trinajstić information content (AvgIpc) is 2.90. The molecule has 1 heterocycles. The minimum absolute atomic E-state index is 0.531. The van der Waals surface area contributed by atoms with Crippen molar-refractivity contribution in [3.63, 3.8) is 0 Å². The first kappa shape index (κ1) is 12.1. The Morgan fingerprint density at radius 3 is 2.21 bits per heavy atom. The number of rotatable bonds is 2. The summed E-state index contributed by atoms with van der Waals surface area (Å²) in [5.41, 5.74) is 3.08. The molecular formula is C15H11BrN2O. The monoisotopic (exact) mass is 314 g/mol. The van der Waals surface area contributed by atoms with Crippen LogP contribution in [0.2, 0.25) is 0 Å². The normalized spacial score (nSPS) is 10.6. The summed E-state index contributed by atoms with van der Waals surface area (Å²) in [6.07, 6.45) is 0. The highest BCUT2D eigenvalue weighted by Crippen LogP contribution is 2.23. The molecule has 0 bridgehead atoms. The van der Waals surface area contributed by atoms with Crippen LogP contribution < -0.4 is 0 Å². The van der Waals surface area contributed by atoms with Crippen LogP contribution in [-0.2, 0) is 0 Å². The van der Waals surface area contributed by atoms with Crippen LogP contribution in [0.1, 0.15) is 5.56 Å². The van der Waals surface area contributed by atoms with Gasteiger partial charge >= 0.3 is 0 Å². The van der Waals surface area contributed by atoms with Crippen molar-refractivity contribution in [2.24, 2.45) is 0 Å². The first-order valence-corrected chi connectivity index (χ1v) is 6.68. The Morgan fingerprint density at radius 2 is 1.53 bits per heavy atom. The molecule has 0 radical (unpaired) electrons. The highest BCUT2D eigenvalue weighted by atomic mass is 79.9. The molecule has 1 aromatic heterocycles. The number of benzene rings is 2. The highest BCUT2D eigenvalue weighted by Gasteiger charge is 2.10. The van der Waals surface area contributed by atoms with E-state index in [0.29, 0.717) is 11.7 Å². The van der Waals surface area contributed by atoms with Gasteiger partial charge in [-0.05, 0) is 31.2 Å². The van der Waals surface area contributed by atoms with Crippen LogP contribution in [0.4, 0.5) is 0 Å². The SMILES string of the molecule is Cc1ccc(-c2noc(-c3ccc(Br)cc3)n2)cc1. The van der Waals surface area contributed by atoms with E-state index in [1.807, 2.05) is 55.5 Å². The van der Waals surface area contributed by atoms with Gasteiger partial charge in [0.2, 0.25) is 5.82 Å². The molecule has 3 rings (SSSR count). The fourth-order valence-corrected chi connectivity index (χ4v) is 2.02. The molecule has 0 N–H and O–H groups in total. The van der Waals surface area contributed by atoms with Crippen molar-refractivity contribution in [3.8, 4) is 22.8 Å². The zero-order chi connectivity index (χ0) is 13.2. The maximum absolute atomic E-state index is 5.30. The van der Waals surface area contributed by atoms with E-state index in [-0.39, 0.29) is 0 Å². The van der Waals surface area contributed by atoms with Gasteiger partial charge in [-0.15, -0.1) is 0 Å². The summed E-state index contributed by atoms with van der Waals surface area (Å²) in [7, 11) is 0. The summed E-state index contributed by atoms with van der Waals surface area (Å²) in [6.45, 7) is 2.05. The molecule has 0 spiro atoms. The van der Waals surface area contributed by atoms with E-state index in [1.54, 1.807) is 0 Å². The van der Waals surface area contributed by atoms with Crippen molar-refractivity contribution in [2.75, 3.05) is 0 Å². The minimum atomic E-state index is 0.531. The third kappa shape index (κ3) is 2.58. The van der Waals surface area contributed by atoms with E-state index < -0.39 is 0 Å². The number of nitrogens with zero attached hydrogens (tertiary/aromatic N) is 2. The molecular weight excluding hydrogens is 304 g/mol. The largest absolute Gasteiger partial charge is 0.334 e. The van der Waals surface area contributed by atoms with E-state index >= 15 is 0 Å².